The molecular formula is C21H15N3O4. The average Bonchev–Trinajstić information content (AvgIpc) is 2.72. The Hall–Kier alpha value is -4.00. The zero-order valence-corrected chi connectivity index (χ0v) is 14.6. The number of hydrogen-bond acceptors (Lipinski definition) is 4. The summed E-state index contributed by atoms with van der Waals surface area (Å²) in [7, 11) is 0. The van der Waals surface area contributed by atoms with Crippen LogP contribution in [0.15, 0.2) is 82.5 Å². The van der Waals surface area contributed by atoms with E-state index in [0.717, 1.165) is 10.1 Å². The highest BCUT2D eigenvalue weighted by Crippen LogP contribution is 2.14. The zero-order chi connectivity index (χ0) is 19.7. The fourth-order valence-electron chi connectivity index (χ4n) is 3.10. The lowest BCUT2D eigenvalue weighted by Gasteiger charge is -2.14. The van der Waals surface area contributed by atoms with E-state index in [4.69, 9.17) is 0 Å². The molecule has 7 heteroatoms. The molecule has 28 heavy (non-hydrogen) atoms. The number of aromatic carboxylic acids is 1. The first-order chi connectivity index (χ1) is 13.6. The Bertz CT molecular complexity index is 1310. The molecule has 2 aromatic heterocycles. The van der Waals surface area contributed by atoms with Gasteiger partial charge in [0.05, 0.1) is 23.2 Å². The van der Waals surface area contributed by atoms with Crippen molar-refractivity contribution >= 4 is 17.0 Å². The predicted octanol–water partition coefficient (Wildman–Crippen LogP) is 2.29. The first-order valence-electron chi connectivity index (χ1n) is 8.54. The quantitative estimate of drug-likeness (QED) is 0.592. The van der Waals surface area contributed by atoms with Crippen LogP contribution in [0.2, 0.25) is 0 Å². The number of rotatable bonds is 4. The van der Waals surface area contributed by atoms with Crippen molar-refractivity contribution in [2.45, 2.75) is 6.54 Å². The monoisotopic (exact) mass is 373 g/mol. The summed E-state index contributed by atoms with van der Waals surface area (Å²) in [6.07, 6.45) is 1.49. The average molecular weight is 373 g/mol. The van der Waals surface area contributed by atoms with Crippen LogP contribution in [0.1, 0.15) is 15.9 Å². The van der Waals surface area contributed by atoms with Gasteiger partial charge in [-0.15, -0.1) is 0 Å². The highest BCUT2D eigenvalue weighted by Gasteiger charge is 2.16. The summed E-state index contributed by atoms with van der Waals surface area (Å²) < 4.78 is 2.40. The maximum atomic E-state index is 13.2. The summed E-state index contributed by atoms with van der Waals surface area (Å²) in [4.78, 5) is 41.7. The number of carbonyl (C=O) groups is 1. The first-order valence-corrected chi connectivity index (χ1v) is 8.54. The molecule has 0 aliphatic carbocycles. The van der Waals surface area contributed by atoms with Crippen LogP contribution >= 0.6 is 0 Å². The molecule has 0 saturated carbocycles. The van der Waals surface area contributed by atoms with Crippen LogP contribution in [0.3, 0.4) is 0 Å². The molecule has 0 unspecified atom stereocenters. The van der Waals surface area contributed by atoms with Crippen LogP contribution in [0, 0.1) is 0 Å². The van der Waals surface area contributed by atoms with E-state index in [1.54, 1.807) is 24.3 Å². The van der Waals surface area contributed by atoms with Crippen molar-refractivity contribution in [1.82, 2.24) is 14.1 Å². The molecule has 0 aliphatic rings. The Balaban J connectivity index is 2.03. The number of fused-ring (bicyclic) bond motifs is 1. The summed E-state index contributed by atoms with van der Waals surface area (Å²) in [6, 6.07) is 18.4. The SMILES string of the molecule is O=C(O)c1cccc(-n2c(=O)n(Cc3ccccc3)c(=O)c3cccnc32)c1. The van der Waals surface area contributed by atoms with Crippen molar-refractivity contribution in [3.8, 4) is 5.69 Å². The molecule has 4 aromatic rings. The van der Waals surface area contributed by atoms with Gasteiger partial charge in [0.2, 0.25) is 0 Å². The summed E-state index contributed by atoms with van der Waals surface area (Å²) in [5, 5.41) is 9.55. The van der Waals surface area contributed by atoms with E-state index in [-0.39, 0.29) is 23.1 Å². The highest BCUT2D eigenvalue weighted by atomic mass is 16.4. The van der Waals surface area contributed by atoms with Gasteiger partial charge in [-0.1, -0.05) is 36.4 Å². The van der Waals surface area contributed by atoms with Gasteiger partial charge in [-0.3, -0.25) is 9.36 Å². The van der Waals surface area contributed by atoms with E-state index in [1.165, 1.54) is 22.9 Å². The number of aromatic nitrogens is 3. The Labute approximate surface area is 158 Å². The third-order valence-corrected chi connectivity index (χ3v) is 4.43. The molecule has 0 radical (unpaired) electrons. The second-order valence-electron chi connectivity index (χ2n) is 6.22. The van der Waals surface area contributed by atoms with Gasteiger partial charge in [-0.25, -0.2) is 19.1 Å². The van der Waals surface area contributed by atoms with Crippen LogP contribution in [0.25, 0.3) is 16.7 Å². The topological polar surface area (TPSA) is 94.2 Å². The van der Waals surface area contributed by atoms with Crippen LogP contribution in [0.4, 0.5) is 0 Å². The highest BCUT2D eigenvalue weighted by molar-refractivity contribution is 5.88. The van der Waals surface area contributed by atoms with E-state index < -0.39 is 17.2 Å². The molecule has 4 rings (SSSR count). The molecule has 1 N–H and O–H groups in total. The van der Waals surface area contributed by atoms with Crippen molar-refractivity contribution in [3.63, 3.8) is 0 Å². The van der Waals surface area contributed by atoms with Gasteiger partial charge in [-0.2, -0.15) is 0 Å². The molecular weight excluding hydrogens is 358 g/mol. The van der Waals surface area contributed by atoms with E-state index in [9.17, 15) is 19.5 Å². The lowest BCUT2D eigenvalue weighted by molar-refractivity contribution is 0.0697. The van der Waals surface area contributed by atoms with Crippen LogP contribution in [-0.2, 0) is 6.54 Å². The van der Waals surface area contributed by atoms with Gasteiger partial charge in [0.1, 0.15) is 0 Å². The second kappa shape index (κ2) is 6.96. The molecule has 2 heterocycles. The fourth-order valence-corrected chi connectivity index (χ4v) is 3.10. The first kappa shape index (κ1) is 17.4. The third kappa shape index (κ3) is 2.99. The van der Waals surface area contributed by atoms with Gasteiger partial charge in [-0.05, 0) is 35.9 Å². The Kier molecular flexibility index (Phi) is 4.33. The van der Waals surface area contributed by atoms with Gasteiger partial charge < -0.3 is 5.11 Å². The second-order valence-corrected chi connectivity index (χ2v) is 6.22. The number of hydrogen-bond donors (Lipinski definition) is 1. The van der Waals surface area contributed by atoms with E-state index in [1.807, 2.05) is 30.3 Å². The number of benzene rings is 2. The smallest absolute Gasteiger partial charge is 0.337 e. The normalized spacial score (nSPS) is 10.9. The molecule has 0 bridgehead atoms. The summed E-state index contributed by atoms with van der Waals surface area (Å²) in [5.74, 6) is -1.11. The lowest BCUT2D eigenvalue weighted by atomic mass is 10.2. The molecule has 0 saturated heterocycles. The third-order valence-electron chi connectivity index (χ3n) is 4.43. The molecule has 0 aliphatic heterocycles. The molecule has 138 valence electrons. The number of nitrogens with zero attached hydrogens (tertiary/aromatic N) is 3. The molecule has 0 spiro atoms. The van der Waals surface area contributed by atoms with Gasteiger partial charge >= 0.3 is 11.7 Å². The Morgan fingerprint density at radius 3 is 2.50 bits per heavy atom. The summed E-state index contributed by atoms with van der Waals surface area (Å²) in [5.41, 5.74) is 0.329. The predicted molar refractivity (Wildman–Crippen MR) is 104 cm³/mol. The molecule has 7 nitrogen and oxygen atoms in total. The van der Waals surface area contributed by atoms with E-state index >= 15 is 0 Å². The van der Waals surface area contributed by atoms with Crippen molar-refractivity contribution in [1.29, 1.82) is 0 Å². The van der Waals surface area contributed by atoms with Crippen LogP contribution < -0.4 is 11.2 Å². The van der Waals surface area contributed by atoms with E-state index in [2.05, 4.69) is 4.98 Å². The van der Waals surface area contributed by atoms with Crippen molar-refractivity contribution in [2.75, 3.05) is 0 Å². The van der Waals surface area contributed by atoms with Crippen LogP contribution in [0.5, 0.6) is 0 Å². The van der Waals surface area contributed by atoms with Crippen molar-refractivity contribution in [3.05, 3.63) is 105 Å². The summed E-state index contributed by atoms with van der Waals surface area (Å²) in [6.45, 7) is 0.0992. The minimum absolute atomic E-state index is 0.0364. The van der Waals surface area contributed by atoms with Crippen molar-refractivity contribution in [2.24, 2.45) is 0 Å². The summed E-state index contributed by atoms with van der Waals surface area (Å²) >= 11 is 0. The Morgan fingerprint density at radius 1 is 0.964 bits per heavy atom. The van der Waals surface area contributed by atoms with Crippen LogP contribution in [-0.4, -0.2) is 25.2 Å². The molecule has 0 fully saturated rings. The fraction of sp³-hybridized carbons (Fsp3) is 0.0476. The standard InChI is InChI=1S/C21H15N3O4/c25-19-17-10-5-11-22-18(17)24(16-9-4-8-15(12-16)20(26)27)21(28)23(19)13-14-6-2-1-3-7-14/h1-12H,13H2,(H,26,27). The molecule has 0 atom stereocenters. The minimum Gasteiger partial charge on any atom is -0.478 e. The number of carboxylic acids is 1. The van der Waals surface area contributed by atoms with Gasteiger partial charge in [0.15, 0.2) is 5.65 Å². The maximum Gasteiger partial charge on any atom is 0.337 e. The largest absolute Gasteiger partial charge is 0.478 e. The van der Waals surface area contributed by atoms with Gasteiger partial charge in [0.25, 0.3) is 5.56 Å². The lowest BCUT2D eigenvalue weighted by Crippen LogP contribution is -2.40. The van der Waals surface area contributed by atoms with Crippen molar-refractivity contribution < 1.29 is 9.90 Å². The minimum atomic E-state index is -1.11. The maximum absolute atomic E-state index is 13.2. The number of pyridine rings is 1. The zero-order valence-electron chi connectivity index (χ0n) is 14.6. The van der Waals surface area contributed by atoms with Gasteiger partial charge in [0, 0.05) is 6.20 Å². The number of carboxylic acid groups (broad SMARTS) is 1. The molecule has 0 amide bonds. The Morgan fingerprint density at radius 2 is 1.75 bits per heavy atom. The molecule has 2 aromatic carbocycles. The van der Waals surface area contributed by atoms with E-state index in [0.29, 0.717) is 5.69 Å².